The monoisotopic (exact) mass is 373 g/mol. The highest BCUT2D eigenvalue weighted by Crippen LogP contribution is 2.35. The van der Waals surface area contributed by atoms with Crippen LogP contribution in [-0.2, 0) is 16.0 Å². The van der Waals surface area contributed by atoms with Crippen LogP contribution in [0.15, 0.2) is 35.8 Å². The largest absolute Gasteiger partial charge is 0.466 e. The number of benzene rings is 1. The molecule has 0 amide bonds. The molecule has 0 bridgehead atoms. The first kappa shape index (κ1) is 18.3. The van der Waals surface area contributed by atoms with Gasteiger partial charge in [-0.1, -0.05) is 0 Å². The van der Waals surface area contributed by atoms with E-state index < -0.39 is 0 Å². The number of carbonyl (C=O) groups is 1. The molecular formula is C19H20FN3O2S. The average molecular weight is 373 g/mol. The van der Waals surface area contributed by atoms with E-state index in [1.807, 2.05) is 23.9 Å². The zero-order chi connectivity index (χ0) is 18.7. The van der Waals surface area contributed by atoms with Crippen molar-refractivity contribution in [3.05, 3.63) is 47.4 Å². The van der Waals surface area contributed by atoms with Gasteiger partial charge in [-0.2, -0.15) is 5.10 Å². The molecule has 0 fully saturated rings. The molecule has 0 aliphatic rings. The van der Waals surface area contributed by atoms with Crippen molar-refractivity contribution in [2.45, 2.75) is 33.2 Å². The van der Waals surface area contributed by atoms with E-state index in [9.17, 15) is 9.18 Å². The van der Waals surface area contributed by atoms with Crippen molar-refractivity contribution < 1.29 is 13.9 Å². The molecule has 0 aliphatic carbocycles. The molecule has 0 N–H and O–H groups in total. The van der Waals surface area contributed by atoms with Crippen LogP contribution in [0.2, 0.25) is 0 Å². The predicted octanol–water partition coefficient (Wildman–Crippen LogP) is 4.50. The molecule has 3 aromatic rings. The molecule has 0 saturated heterocycles. The Bertz CT molecular complexity index is 900. The maximum Gasteiger partial charge on any atom is 0.311 e. The SMILES string of the molecule is CCOC(=O)Cc1csc(-c2cnn(C(C)C)c2-c2ccc(F)cc2)n1. The van der Waals surface area contributed by atoms with Gasteiger partial charge in [0, 0.05) is 17.0 Å². The van der Waals surface area contributed by atoms with Crippen LogP contribution in [0.25, 0.3) is 21.8 Å². The third-order valence-corrected chi connectivity index (χ3v) is 4.74. The number of carbonyl (C=O) groups excluding carboxylic acids is 1. The maximum absolute atomic E-state index is 13.3. The Hall–Kier alpha value is -2.54. The Morgan fingerprint density at radius 1 is 1.31 bits per heavy atom. The fourth-order valence-corrected chi connectivity index (χ4v) is 3.51. The van der Waals surface area contributed by atoms with Crippen molar-refractivity contribution in [3.63, 3.8) is 0 Å². The van der Waals surface area contributed by atoms with Gasteiger partial charge >= 0.3 is 5.97 Å². The van der Waals surface area contributed by atoms with Gasteiger partial charge in [0.1, 0.15) is 10.8 Å². The molecule has 136 valence electrons. The number of nitrogens with zero attached hydrogens (tertiary/aromatic N) is 3. The standard InChI is InChI=1S/C19H20FN3O2S/c1-4-25-17(24)9-15-11-26-19(22-15)16-10-21-23(12(2)3)18(16)13-5-7-14(20)8-6-13/h5-8,10-12H,4,9H2,1-3H3. The fourth-order valence-electron chi connectivity index (χ4n) is 2.68. The Kier molecular flexibility index (Phi) is 5.46. The Labute approximate surface area is 155 Å². The number of ether oxygens (including phenoxy) is 1. The van der Waals surface area contributed by atoms with Crippen LogP contribution in [0, 0.1) is 5.82 Å². The molecule has 5 nitrogen and oxygen atoms in total. The normalized spacial score (nSPS) is 11.1. The molecule has 7 heteroatoms. The number of halogens is 1. The van der Waals surface area contributed by atoms with Gasteiger partial charge in [-0.3, -0.25) is 9.48 Å². The van der Waals surface area contributed by atoms with Crippen molar-refractivity contribution in [3.8, 4) is 21.8 Å². The van der Waals surface area contributed by atoms with Crippen LogP contribution in [0.3, 0.4) is 0 Å². The van der Waals surface area contributed by atoms with Crippen molar-refractivity contribution in [1.82, 2.24) is 14.8 Å². The van der Waals surface area contributed by atoms with E-state index in [1.54, 1.807) is 25.3 Å². The van der Waals surface area contributed by atoms with Gasteiger partial charge in [-0.05, 0) is 45.0 Å². The van der Waals surface area contributed by atoms with Crippen LogP contribution in [0.1, 0.15) is 32.5 Å². The van der Waals surface area contributed by atoms with E-state index in [-0.39, 0.29) is 24.2 Å². The molecule has 0 radical (unpaired) electrons. The van der Waals surface area contributed by atoms with Crippen molar-refractivity contribution >= 4 is 17.3 Å². The van der Waals surface area contributed by atoms with Gasteiger partial charge in [0.25, 0.3) is 0 Å². The highest BCUT2D eigenvalue weighted by molar-refractivity contribution is 7.13. The van der Waals surface area contributed by atoms with Crippen molar-refractivity contribution in [2.24, 2.45) is 0 Å². The third-order valence-electron chi connectivity index (χ3n) is 3.82. The first-order valence-corrected chi connectivity index (χ1v) is 9.31. The zero-order valence-electron chi connectivity index (χ0n) is 14.9. The summed E-state index contributed by atoms with van der Waals surface area (Å²) < 4.78 is 20.2. The minimum atomic E-state index is -0.291. The van der Waals surface area contributed by atoms with Gasteiger partial charge in [0.05, 0.1) is 36.2 Å². The second-order valence-corrected chi connectivity index (χ2v) is 6.94. The lowest BCUT2D eigenvalue weighted by Crippen LogP contribution is -2.07. The molecule has 0 aliphatic heterocycles. The van der Waals surface area contributed by atoms with Gasteiger partial charge in [0.15, 0.2) is 0 Å². The topological polar surface area (TPSA) is 57.0 Å². The summed E-state index contributed by atoms with van der Waals surface area (Å²) >= 11 is 1.45. The second kappa shape index (κ2) is 7.78. The Balaban J connectivity index is 1.99. The second-order valence-electron chi connectivity index (χ2n) is 6.08. The average Bonchev–Trinajstić information content (AvgIpc) is 3.22. The zero-order valence-corrected chi connectivity index (χ0v) is 15.7. The molecule has 0 saturated carbocycles. The summed E-state index contributed by atoms with van der Waals surface area (Å²) in [6.45, 7) is 6.21. The molecule has 0 unspecified atom stereocenters. The number of hydrogen-bond acceptors (Lipinski definition) is 5. The predicted molar refractivity (Wildman–Crippen MR) is 99.5 cm³/mol. The summed E-state index contributed by atoms with van der Waals surface area (Å²) in [6, 6.07) is 6.49. The third kappa shape index (κ3) is 3.83. The fraction of sp³-hybridized carbons (Fsp3) is 0.316. The summed E-state index contributed by atoms with van der Waals surface area (Å²) in [7, 11) is 0. The number of thiazole rings is 1. The van der Waals surface area contributed by atoms with E-state index in [2.05, 4.69) is 10.1 Å². The first-order valence-electron chi connectivity index (χ1n) is 8.43. The van der Waals surface area contributed by atoms with E-state index in [1.165, 1.54) is 23.5 Å². The quantitative estimate of drug-likeness (QED) is 0.597. The maximum atomic E-state index is 13.3. The van der Waals surface area contributed by atoms with Crippen molar-refractivity contribution in [1.29, 1.82) is 0 Å². The van der Waals surface area contributed by atoms with Gasteiger partial charge in [-0.15, -0.1) is 11.3 Å². The van der Waals surface area contributed by atoms with Crippen LogP contribution in [-0.4, -0.2) is 27.3 Å². The highest BCUT2D eigenvalue weighted by atomic mass is 32.1. The van der Waals surface area contributed by atoms with E-state index in [0.717, 1.165) is 21.8 Å². The van der Waals surface area contributed by atoms with Gasteiger partial charge < -0.3 is 4.74 Å². The summed E-state index contributed by atoms with van der Waals surface area (Å²) in [5, 5.41) is 7.12. The van der Waals surface area contributed by atoms with E-state index in [0.29, 0.717) is 12.3 Å². The van der Waals surface area contributed by atoms with E-state index >= 15 is 0 Å². The number of aromatic nitrogens is 3. The molecule has 26 heavy (non-hydrogen) atoms. The lowest BCUT2D eigenvalue weighted by atomic mass is 10.1. The number of esters is 1. The van der Waals surface area contributed by atoms with Gasteiger partial charge in [-0.25, -0.2) is 9.37 Å². The molecule has 2 heterocycles. The number of hydrogen-bond donors (Lipinski definition) is 0. The van der Waals surface area contributed by atoms with E-state index in [4.69, 9.17) is 4.74 Å². The molecule has 2 aromatic heterocycles. The summed E-state index contributed by atoms with van der Waals surface area (Å²) in [4.78, 5) is 16.2. The summed E-state index contributed by atoms with van der Waals surface area (Å²) in [5.74, 6) is -0.571. The lowest BCUT2D eigenvalue weighted by Gasteiger charge is -2.12. The van der Waals surface area contributed by atoms with Crippen LogP contribution >= 0.6 is 11.3 Å². The van der Waals surface area contributed by atoms with Gasteiger partial charge in [0.2, 0.25) is 0 Å². The smallest absolute Gasteiger partial charge is 0.311 e. The minimum absolute atomic E-state index is 0.141. The molecule has 3 rings (SSSR count). The van der Waals surface area contributed by atoms with Crippen LogP contribution in [0.5, 0.6) is 0 Å². The Morgan fingerprint density at radius 3 is 2.69 bits per heavy atom. The summed E-state index contributed by atoms with van der Waals surface area (Å²) in [5.41, 5.74) is 3.29. The minimum Gasteiger partial charge on any atom is -0.466 e. The van der Waals surface area contributed by atoms with Crippen LogP contribution in [0.4, 0.5) is 4.39 Å². The summed E-state index contributed by atoms with van der Waals surface area (Å²) in [6.07, 6.45) is 1.92. The van der Waals surface area contributed by atoms with Crippen molar-refractivity contribution in [2.75, 3.05) is 6.61 Å². The first-order chi connectivity index (χ1) is 12.5. The molecule has 0 spiro atoms. The Morgan fingerprint density at radius 2 is 2.04 bits per heavy atom. The number of rotatable bonds is 6. The molecule has 1 aromatic carbocycles. The lowest BCUT2D eigenvalue weighted by molar-refractivity contribution is -0.142. The highest BCUT2D eigenvalue weighted by Gasteiger charge is 2.19. The molecular weight excluding hydrogens is 353 g/mol. The molecule has 0 atom stereocenters. The van der Waals surface area contributed by atoms with Crippen LogP contribution < -0.4 is 0 Å².